The van der Waals surface area contributed by atoms with E-state index in [4.69, 9.17) is 9.72 Å². The Morgan fingerprint density at radius 1 is 1.16 bits per heavy atom. The molecule has 1 amide bonds. The van der Waals surface area contributed by atoms with Crippen molar-refractivity contribution in [3.05, 3.63) is 58.6 Å². The number of likely N-dealkylation sites (tertiary alicyclic amines) is 1. The highest BCUT2D eigenvalue weighted by Crippen LogP contribution is 2.36. The fourth-order valence-electron chi connectivity index (χ4n) is 4.07. The molecule has 0 spiro atoms. The number of carbonyl (C=O) groups excluding carboxylic acids is 2. The van der Waals surface area contributed by atoms with Gasteiger partial charge >= 0.3 is 5.97 Å². The summed E-state index contributed by atoms with van der Waals surface area (Å²) in [6.07, 6.45) is 2.62. The molecule has 0 radical (unpaired) electrons. The van der Waals surface area contributed by atoms with Gasteiger partial charge < -0.3 is 10.1 Å². The van der Waals surface area contributed by atoms with Gasteiger partial charge in [0.1, 0.15) is 9.71 Å². The maximum Gasteiger partial charge on any atom is 0.350 e. The number of rotatable bonds is 6. The third kappa shape index (κ3) is 4.78. The van der Waals surface area contributed by atoms with Gasteiger partial charge in [-0.05, 0) is 49.5 Å². The summed E-state index contributed by atoms with van der Waals surface area (Å²) in [5.41, 5.74) is 2.90. The molecule has 1 aromatic carbocycles. The van der Waals surface area contributed by atoms with Crippen LogP contribution in [0.15, 0.2) is 42.5 Å². The molecule has 1 fully saturated rings. The second kappa shape index (κ2) is 9.58. The lowest BCUT2D eigenvalue weighted by Crippen LogP contribution is -2.32. The maximum absolute atomic E-state index is 12.2. The minimum Gasteiger partial charge on any atom is -0.465 e. The summed E-state index contributed by atoms with van der Waals surface area (Å²) in [6, 6.07) is 14.7. The Morgan fingerprint density at radius 2 is 1.90 bits per heavy atom. The van der Waals surface area contributed by atoms with Gasteiger partial charge in [-0.15, -0.1) is 11.3 Å². The zero-order chi connectivity index (χ0) is 21.8. The molecule has 3 heterocycles. The Labute approximate surface area is 186 Å². The van der Waals surface area contributed by atoms with E-state index in [1.165, 1.54) is 24.0 Å². The molecule has 1 N–H and O–H groups in total. The first kappa shape index (κ1) is 21.5. The van der Waals surface area contributed by atoms with Crippen LogP contribution in [0.2, 0.25) is 0 Å². The first-order valence-corrected chi connectivity index (χ1v) is 11.5. The number of nitrogens with zero attached hydrogens (tertiary/aromatic N) is 2. The number of hydrogen-bond donors (Lipinski definition) is 1. The van der Waals surface area contributed by atoms with Gasteiger partial charge in [0.25, 0.3) is 0 Å². The van der Waals surface area contributed by atoms with E-state index in [9.17, 15) is 9.59 Å². The normalized spacial score (nSPS) is 15.2. The molecule has 0 saturated carbocycles. The number of amides is 1. The van der Waals surface area contributed by atoms with Crippen LogP contribution < -0.4 is 5.32 Å². The van der Waals surface area contributed by atoms with E-state index in [-0.39, 0.29) is 5.91 Å². The number of pyridine rings is 1. The van der Waals surface area contributed by atoms with Gasteiger partial charge in [-0.25, -0.2) is 9.78 Å². The van der Waals surface area contributed by atoms with E-state index in [1.807, 2.05) is 12.1 Å². The van der Waals surface area contributed by atoms with Crippen molar-refractivity contribution in [3.63, 3.8) is 0 Å². The lowest BCUT2D eigenvalue weighted by molar-refractivity contribution is -0.115. The Hall–Kier alpha value is -2.77. The summed E-state index contributed by atoms with van der Waals surface area (Å²) >= 11 is 1.26. The van der Waals surface area contributed by atoms with E-state index in [1.54, 1.807) is 6.92 Å². The summed E-state index contributed by atoms with van der Waals surface area (Å²) in [5, 5.41) is 3.62. The zero-order valence-electron chi connectivity index (χ0n) is 17.9. The van der Waals surface area contributed by atoms with Gasteiger partial charge in [-0.1, -0.05) is 37.3 Å². The van der Waals surface area contributed by atoms with Gasteiger partial charge in [0.2, 0.25) is 5.91 Å². The predicted molar refractivity (Wildman–Crippen MR) is 124 cm³/mol. The van der Waals surface area contributed by atoms with E-state index in [2.05, 4.69) is 40.5 Å². The topological polar surface area (TPSA) is 71.5 Å². The van der Waals surface area contributed by atoms with E-state index in [0.29, 0.717) is 22.9 Å². The first-order valence-electron chi connectivity index (χ1n) is 10.7. The molecule has 1 aliphatic heterocycles. The molecule has 1 saturated heterocycles. The summed E-state index contributed by atoms with van der Waals surface area (Å²) < 4.78 is 4.90. The standard InChI is InChI=1S/C24H27N3O3S/c1-3-20(28)26-21-19-10-9-18(25-23(19)31-22(21)24(29)30-2)15-27-13-11-17(12-14-27)16-7-5-4-6-8-16/h4-10,17H,3,11-15H2,1-2H3,(H,26,28). The summed E-state index contributed by atoms with van der Waals surface area (Å²) in [6.45, 7) is 4.63. The van der Waals surface area contributed by atoms with E-state index < -0.39 is 5.97 Å². The average molecular weight is 438 g/mol. The first-order chi connectivity index (χ1) is 15.1. The number of fused-ring (bicyclic) bond motifs is 1. The number of hydrogen-bond acceptors (Lipinski definition) is 6. The number of aromatic nitrogens is 1. The van der Waals surface area contributed by atoms with Gasteiger partial charge in [0.05, 0.1) is 18.5 Å². The fourth-order valence-corrected chi connectivity index (χ4v) is 5.14. The molecule has 0 aliphatic carbocycles. The molecule has 0 atom stereocenters. The number of piperidine rings is 1. The summed E-state index contributed by atoms with van der Waals surface area (Å²) in [7, 11) is 1.34. The van der Waals surface area contributed by atoms with E-state index >= 15 is 0 Å². The second-order valence-electron chi connectivity index (χ2n) is 7.82. The monoisotopic (exact) mass is 437 g/mol. The minimum absolute atomic E-state index is 0.143. The molecule has 0 unspecified atom stereocenters. The van der Waals surface area contributed by atoms with Crippen LogP contribution in [0.25, 0.3) is 10.2 Å². The van der Waals surface area contributed by atoms with Crippen LogP contribution in [0.5, 0.6) is 0 Å². The molecule has 1 aliphatic rings. The van der Waals surface area contributed by atoms with Crippen LogP contribution in [-0.4, -0.2) is 42.0 Å². The van der Waals surface area contributed by atoms with Crippen molar-refractivity contribution in [2.24, 2.45) is 0 Å². The Morgan fingerprint density at radius 3 is 2.58 bits per heavy atom. The molecular formula is C24H27N3O3S. The molecule has 31 heavy (non-hydrogen) atoms. The molecule has 2 aromatic heterocycles. The molecule has 4 rings (SSSR count). The van der Waals surface area contributed by atoms with E-state index in [0.717, 1.165) is 48.4 Å². The number of methoxy groups -OCH3 is 1. The molecular weight excluding hydrogens is 410 g/mol. The highest BCUT2D eigenvalue weighted by molar-refractivity contribution is 7.21. The quantitative estimate of drug-likeness (QED) is 0.560. The SMILES string of the molecule is CCC(=O)Nc1c(C(=O)OC)sc2nc(CN3CCC(c4ccccc4)CC3)ccc12. The zero-order valence-corrected chi connectivity index (χ0v) is 18.7. The number of benzene rings is 1. The second-order valence-corrected chi connectivity index (χ2v) is 8.81. The van der Waals surface area contributed by atoms with Crippen LogP contribution >= 0.6 is 11.3 Å². The highest BCUT2D eigenvalue weighted by Gasteiger charge is 2.23. The van der Waals surface area contributed by atoms with Gasteiger partial charge in [0, 0.05) is 18.4 Å². The van der Waals surface area contributed by atoms with Crippen molar-refractivity contribution in [1.82, 2.24) is 9.88 Å². The van der Waals surface area contributed by atoms with Crippen molar-refractivity contribution in [3.8, 4) is 0 Å². The van der Waals surface area contributed by atoms with Crippen LogP contribution in [0.1, 0.15) is 53.0 Å². The molecule has 7 heteroatoms. The Balaban J connectivity index is 1.49. The number of anilines is 1. The van der Waals surface area contributed by atoms with Crippen molar-refractivity contribution in [2.75, 3.05) is 25.5 Å². The van der Waals surface area contributed by atoms with Crippen molar-refractivity contribution in [2.45, 2.75) is 38.6 Å². The predicted octanol–water partition coefficient (Wildman–Crippen LogP) is 4.81. The van der Waals surface area contributed by atoms with Gasteiger partial charge in [0.15, 0.2) is 0 Å². The van der Waals surface area contributed by atoms with Crippen molar-refractivity contribution >= 4 is 39.1 Å². The number of nitrogens with one attached hydrogen (secondary N) is 1. The Kier molecular flexibility index (Phi) is 6.63. The lowest BCUT2D eigenvalue weighted by atomic mass is 9.89. The molecule has 6 nitrogen and oxygen atoms in total. The van der Waals surface area contributed by atoms with Crippen LogP contribution in [0.4, 0.5) is 5.69 Å². The molecule has 162 valence electrons. The number of carbonyl (C=O) groups is 2. The smallest absolute Gasteiger partial charge is 0.350 e. The fraction of sp³-hybridized carbons (Fsp3) is 0.375. The van der Waals surface area contributed by atoms with Crippen molar-refractivity contribution in [1.29, 1.82) is 0 Å². The minimum atomic E-state index is -0.459. The average Bonchev–Trinajstić information content (AvgIpc) is 3.17. The Bertz CT molecular complexity index is 1070. The van der Waals surface area contributed by atoms with Crippen LogP contribution in [-0.2, 0) is 16.1 Å². The largest absolute Gasteiger partial charge is 0.465 e. The number of thiophene rings is 1. The number of ether oxygens (including phenoxy) is 1. The number of esters is 1. The van der Waals surface area contributed by atoms with Crippen LogP contribution in [0.3, 0.4) is 0 Å². The third-order valence-corrected chi connectivity index (χ3v) is 6.89. The third-order valence-electron chi connectivity index (χ3n) is 5.81. The highest BCUT2D eigenvalue weighted by atomic mass is 32.1. The maximum atomic E-state index is 12.2. The van der Waals surface area contributed by atoms with Crippen molar-refractivity contribution < 1.29 is 14.3 Å². The summed E-state index contributed by atoms with van der Waals surface area (Å²) in [4.78, 5) is 32.5. The van der Waals surface area contributed by atoms with Gasteiger partial charge in [-0.3, -0.25) is 9.69 Å². The lowest BCUT2D eigenvalue weighted by Gasteiger charge is -2.32. The molecule has 0 bridgehead atoms. The summed E-state index contributed by atoms with van der Waals surface area (Å²) in [5.74, 6) is 0.0201. The van der Waals surface area contributed by atoms with Gasteiger partial charge in [-0.2, -0.15) is 0 Å². The molecule has 3 aromatic rings. The van der Waals surface area contributed by atoms with Crippen LogP contribution in [0, 0.1) is 0 Å².